The lowest BCUT2D eigenvalue weighted by Crippen LogP contribution is -2.02. The molecule has 0 unspecified atom stereocenters. The summed E-state index contributed by atoms with van der Waals surface area (Å²) in [6, 6.07) is 6.97. The van der Waals surface area contributed by atoms with Gasteiger partial charge in [0.15, 0.2) is 5.82 Å². The van der Waals surface area contributed by atoms with Gasteiger partial charge in [0.1, 0.15) is 11.1 Å². The van der Waals surface area contributed by atoms with Gasteiger partial charge in [-0.1, -0.05) is 23.2 Å². The van der Waals surface area contributed by atoms with Crippen LogP contribution in [0.25, 0.3) is 0 Å². The SMILES string of the molecule is CNc1ncc(Cl)c(Nc2cc(Cl)ccc2C#N)n1. The number of benzene rings is 1. The van der Waals surface area contributed by atoms with E-state index >= 15 is 0 Å². The van der Waals surface area contributed by atoms with Crippen LogP contribution in [0.4, 0.5) is 17.5 Å². The Kier molecular flexibility index (Phi) is 4.05. The maximum absolute atomic E-state index is 9.05. The molecule has 19 heavy (non-hydrogen) atoms. The molecule has 2 aromatic rings. The normalized spacial score (nSPS) is 9.79. The predicted octanol–water partition coefficient (Wildman–Crippen LogP) is 3.44. The summed E-state index contributed by atoms with van der Waals surface area (Å²) in [7, 11) is 1.70. The van der Waals surface area contributed by atoms with Gasteiger partial charge >= 0.3 is 0 Å². The molecule has 0 amide bonds. The van der Waals surface area contributed by atoms with Crippen LogP contribution in [0.5, 0.6) is 0 Å². The van der Waals surface area contributed by atoms with Gasteiger partial charge in [0.05, 0.1) is 17.4 Å². The largest absolute Gasteiger partial charge is 0.357 e. The molecule has 0 bridgehead atoms. The van der Waals surface area contributed by atoms with Crippen LogP contribution < -0.4 is 10.6 Å². The minimum atomic E-state index is 0.350. The highest BCUT2D eigenvalue weighted by Gasteiger charge is 2.08. The van der Waals surface area contributed by atoms with Crippen LogP contribution >= 0.6 is 23.2 Å². The van der Waals surface area contributed by atoms with Gasteiger partial charge in [-0.15, -0.1) is 0 Å². The second-order valence-electron chi connectivity index (χ2n) is 3.57. The first-order valence-corrected chi connectivity index (χ1v) is 6.06. The number of anilines is 3. The van der Waals surface area contributed by atoms with Gasteiger partial charge in [-0.25, -0.2) is 4.98 Å². The van der Waals surface area contributed by atoms with E-state index in [4.69, 9.17) is 28.5 Å². The Balaban J connectivity index is 2.41. The second kappa shape index (κ2) is 5.74. The summed E-state index contributed by atoms with van der Waals surface area (Å²) in [6.45, 7) is 0. The average molecular weight is 294 g/mol. The Labute approximate surface area is 120 Å². The number of hydrogen-bond acceptors (Lipinski definition) is 5. The minimum Gasteiger partial charge on any atom is -0.357 e. The zero-order valence-corrected chi connectivity index (χ0v) is 11.4. The van der Waals surface area contributed by atoms with E-state index in [-0.39, 0.29) is 0 Å². The third kappa shape index (κ3) is 3.05. The number of rotatable bonds is 3. The Hall–Kier alpha value is -2.03. The number of nitriles is 1. The van der Waals surface area contributed by atoms with Gasteiger partial charge < -0.3 is 10.6 Å². The maximum atomic E-state index is 9.05. The molecular weight excluding hydrogens is 285 g/mol. The Morgan fingerprint density at radius 1 is 1.32 bits per heavy atom. The third-order valence-electron chi connectivity index (χ3n) is 2.32. The number of nitrogens with zero attached hydrogens (tertiary/aromatic N) is 3. The standard InChI is InChI=1S/C12H9Cl2N5/c1-16-12-17-6-9(14)11(19-12)18-10-4-8(13)3-2-7(10)5-15/h2-4,6H,1H3,(H2,16,17,18,19). The molecule has 96 valence electrons. The van der Waals surface area contributed by atoms with Gasteiger partial charge in [-0.2, -0.15) is 10.2 Å². The minimum absolute atomic E-state index is 0.350. The summed E-state index contributed by atoms with van der Waals surface area (Å²) in [5.41, 5.74) is 0.989. The van der Waals surface area contributed by atoms with Crippen molar-refractivity contribution in [3.05, 3.63) is 40.0 Å². The van der Waals surface area contributed by atoms with Gasteiger partial charge in [-0.3, -0.25) is 0 Å². The maximum Gasteiger partial charge on any atom is 0.224 e. The molecular formula is C12H9Cl2N5. The molecule has 0 saturated carbocycles. The summed E-state index contributed by atoms with van der Waals surface area (Å²) in [4.78, 5) is 8.15. The smallest absolute Gasteiger partial charge is 0.224 e. The highest BCUT2D eigenvalue weighted by atomic mass is 35.5. The summed E-state index contributed by atoms with van der Waals surface area (Å²) in [6.07, 6.45) is 1.47. The molecule has 1 aromatic carbocycles. The van der Waals surface area contributed by atoms with Crippen molar-refractivity contribution in [3.63, 3.8) is 0 Å². The summed E-state index contributed by atoms with van der Waals surface area (Å²) in [5.74, 6) is 0.826. The van der Waals surface area contributed by atoms with Gasteiger partial charge in [0, 0.05) is 12.1 Å². The average Bonchev–Trinajstić information content (AvgIpc) is 2.41. The Morgan fingerprint density at radius 2 is 2.11 bits per heavy atom. The molecule has 7 heteroatoms. The summed E-state index contributed by atoms with van der Waals surface area (Å²) < 4.78 is 0. The van der Waals surface area contributed by atoms with Gasteiger partial charge in [0.25, 0.3) is 0 Å². The van der Waals surface area contributed by atoms with Crippen molar-refractivity contribution in [2.24, 2.45) is 0 Å². The number of aromatic nitrogens is 2. The molecule has 0 saturated heterocycles. The fourth-order valence-corrected chi connectivity index (χ4v) is 1.73. The number of nitrogens with one attached hydrogen (secondary N) is 2. The van der Waals surface area contributed by atoms with Crippen LogP contribution in [-0.4, -0.2) is 17.0 Å². The quantitative estimate of drug-likeness (QED) is 0.907. The van der Waals surface area contributed by atoms with Crippen LogP contribution in [0.2, 0.25) is 10.0 Å². The van der Waals surface area contributed by atoms with Crippen molar-refractivity contribution in [3.8, 4) is 6.07 Å². The third-order valence-corrected chi connectivity index (χ3v) is 2.83. The predicted molar refractivity (Wildman–Crippen MR) is 76.0 cm³/mol. The van der Waals surface area contributed by atoms with E-state index in [1.807, 2.05) is 0 Å². The molecule has 5 nitrogen and oxygen atoms in total. The first-order valence-electron chi connectivity index (χ1n) is 5.31. The van der Waals surface area contributed by atoms with Crippen molar-refractivity contribution >= 4 is 40.7 Å². The van der Waals surface area contributed by atoms with Crippen LogP contribution in [0.15, 0.2) is 24.4 Å². The first kappa shape index (κ1) is 13.4. The molecule has 0 radical (unpaired) electrons. The molecule has 0 atom stereocenters. The monoisotopic (exact) mass is 293 g/mol. The summed E-state index contributed by atoms with van der Waals surface area (Å²) in [5, 5.41) is 15.7. The van der Waals surface area contributed by atoms with E-state index in [2.05, 4.69) is 26.7 Å². The van der Waals surface area contributed by atoms with Crippen LogP contribution in [0.3, 0.4) is 0 Å². The van der Waals surface area contributed by atoms with Crippen LogP contribution in [0, 0.1) is 11.3 Å². The molecule has 0 fully saturated rings. The van der Waals surface area contributed by atoms with E-state index in [1.165, 1.54) is 6.20 Å². The lowest BCUT2D eigenvalue weighted by Gasteiger charge is -2.10. The molecule has 0 aliphatic rings. The lowest BCUT2D eigenvalue weighted by molar-refractivity contribution is 1.15. The topological polar surface area (TPSA) is 73.6 Å². The van der Waals surface area contributed by atoms with Crippen LogP contribution in [0.1, 0.15) is 5.56 Å². The molecule has 1 aromatic heterocycles. The highest BCUT2D eigenvalue weighted by molar-refractivity contribution is 6.33. The molecule has 0 spiro atoms. The molecule has 2 N–H and O–H groups in total. The van der Waals surface area contributed by atoms with Crippen molar-refractivity contribution in [2.75, 3.05) is 17.7 Å². The summed E-state index contributed by atoms with van der Waals surface area (Å²) >= 11 is 11.9. The number of halogens is 2. The fraction of sp³-hybridized carbons (Fsp3) is 0.0833. The highest BCUT2D eigenvalue weighted by Crippen LogP contribution is 2.27. The van der Waals surface area contributed by atoms with Crippen molar-refractivity contribution in [1.29, 1.82) is 5.26 Å². The molecule has 0 aliphatic carbocycles. The van der Waals surface area contributed by atoms with E-state index in [1.54, 1.807) is 25.2 Å². The van der Waals surface area contributed by atoms with Gasteiger partial charge in [-0.05, 0) is 18.2 Å². The zero-order chi connectivity index (χ0) is 13.8. The fourth-order valence-electron chi connectivity index (χ4n) is 1.42. The zero-order valence-electron chi connectivity index (χ0n) is 9.91. The molecule has 1 heterocycles. The van der Waals surface area contributed by atoms with Crippen molar-refractivity contribution < 1.29 is 0 Å². The van der Waals surface area contributed by atoms with E-state index in [0.717, 1.165) is 0 Å². The second-order valence-corrected chi connectivity index (χ2v) is 4.41. The van der Waals surface area contributed by atoms with E-state index in [9.17, 15) is 0 Å². The molecule has 2 rings (SSSR count). The lowest BCUT2D eigenvalue weighted by atomic mass is 10.2. The van der Waals surface area contributed by atoms with Crippen molar-refractivity contribution in [2.45, 2.75) is 0 Å². The Morgan fingerprint density at radius 3 is 2.79 bits per heavy atom. The van der Waals surface area contributed by atoms with Gasteiger partial charge in [0.2, 0.25) is 5.95 Å². The van der Waals surface area contributed by atoms with E-state index in [0.29, 0.717) is 33.1 Å². The van der Waals surface area contributed by atoms with Crippen LogP contribution in [-0.2, 0) is 0 Å². The Bertz CT molecular complexity index is 651. The first-order chi connectivity index (χ1) is 9.13. The van der Waals surface area contributed by atoms with E-state index < -0.39 is 0 Å². The van der Waals surface area contributed by atoms with Crippen molar-refractivity contribution in [1.82, 2.24) is 9.97 Å². The molecule has 0 aliphatic heterocycles. The number of hydrogen-bond donors (Lipinski definition) is 2.